The maximum Gasteiger partial charge on any atom is 0.492 e. The first kappa shape index (κ1) is 20.7. The van der Waals surface area contributed by atoms with Gasteiger partial charge in [-0.15, -0.1) is 0 Å². The van der Waals surface area contributed by atoms with Gasteiger partial charge in [0.1, 0.15) is 11.5 Å². The molecule has 3 rings (SSSR count). The number of benzene rings is 2. The molecule has 29 heavy (non-hydrogen) atoms. The van der Waals surface area contributed by atoms with E-state index in [9.17, 15) is 19.5 Å². The lowest BCUT2D eigenvalue weighted by molar-refractivity contribution is -0.123. The lowest BCUT2D eigenvalue weighted by Gasteiger charge is -2.21. The maximum atomic E-state index is 12.9. The van der Waals surface area contributed by atoms with Crippen LogP contribution in [-0.4, -0.2) is 58.9 Å². The Morgan fingerprint density at radius 1 is 0.966 bits per heavy atom. The number of aromatic hydroxyl groups is 1. The highest BCUT2D eigenvalue weighted by molar-refractivity contribution is 6.56. The molecule has 5 N–H and O–H groups in total. The number of ether oxygens (including phenoxy) is 1. The van der Waals surface area contributed by atoms with Crippen LogP contribution in [0, 0.1) is 0 Å². The fourth-order valence-electron chi connectivity index (χ4n) is 3.04. The minimum Gasteiger partial charge on any atom is -0.507 e. The Balaban J connectivity index is 1.73. The van der Waals surface area contributed by atoms with Gasteiger partial charge in [0.05, 0.1) is 11.1 Å². The molecule has 0 fully saturated rings. The average molecular weight is 417 g/mol. The van der Waals surface area contributed by atoms with Crippen molar-refractivity contribution in [3.8, 4) is 11.5 Å². The Morgan fingerprint density at radius 2 is 1.59 bits per heavy atom. The minimum atomic E-state index is -4.14. The van der Waals surface area contributed by atoms with E-state index >= 15 is 0 Å². The van der Waals surface area contributed by atoms with Gasteiger partial charge in [0, 0.05) is 23.7 Å². The fourth-order valence-corrected chi connectivity index (χ4v) is 3.70. The lowest BCUT2D eigenvalue weighted by atomic mass is 9.83. The summed E-state index contributed by atoms with van der Waals surface area (Å²) in [5, 5.41) is 12.6. The number of amides is 1. The molecule has 0 aliphatic heterocycles. The van der Waals surface area contributed by atoms with Crippen molar-refractivity contribution in [3.05, 3.63) is 58.7 Å². The lowest BCUT2D eigenvalue weighted by Crippen LogP contribution is -2.36. The molecule has 0 heterocycles. The van der Waals surface area contributed by atoms with Crippen molar-refractivity contribution in [2.75, 3.05) is 13.2 Å². The maximum absolute atomic E-state index is 12.9. The number of fused-ring (bicyclic) bond motifs is 2. The van der Waals surface area contributed by atoms with Crippen molar-refractivity contribution in [2.24, 2.45) is 0 Å². The van der Waals surface area contributed by atoms with Crippen molar-refractivity contribution in [3.63, 3.8) is 0 Å². The van der Waals surface area contributed by atoms with Gasteiger partial charge in [-0.2, -0.15) is 0 Å². The van der Waals surface area contributed by atoms with Gasteiger partial charge in [0.25, 0.3) is 5.91 Å². The van der Waals surface area contributed by atoms with E-state index in [-0.39, 0.29) is 52.8 Å². The van der Waals surface area contributed by atoms with E-state index in [1.165, 1.54) is 24.3 Å². The van der Waals surface area contributed by atoms with Crippen LogP contribution in [0.1, 0.15) is 38.3 Å². The van der Waals surface area contributed by atoms with Gasteiger partial charge in [0.15, 0.2) is 18.2 Å². The molecule has 1 aliphatic rings. The minimum absolute atomic E-state index is 0.00620. The largest absolute Gasteiger partial charge is 0.507 e. The molecule has 0 bridgehead atoms. The zero-order chi connectivity index (χ0) is 21.2. The van der Waals surface area contributed by atoms with E-state index in [4.69, 9.17) is 19.1 Å². The van der Waals surface area contributed by atoms with Gasteiger partial charge in [-0.05, 0) is 18.6 Å². The van der Waals surface area contributed by atoms with E-state index in [2.05, 4.69) is 5.32 Å². The summed E-state index contributed by atoms with van der Waals surface area (Å²) in [7, 11) is -4.14. The van der Waals surface area contributed by atoms with Crippen LogP contribution >= 0.6 is 0 Å². The third-order valence-corrected chi connectivity index (χ3v) is 5.41. The molecule has 9 nitrogen and oxygen atoms in total. The van der Waals surface area contributed by atoms with Crippen molar-refractivity contribution >= 4 is 26.3 Å². The number of phenolic OH excluding ortho intramolecular Hbond substituents is 1. The van der Waals surface area contributed by atoms with Crippen LogP contribution in [0.2, 0.25) is 6.04 Å². The first-order valence-electron chi connectivity index (χ1n) is 8.80. The van der Waals surface area contributed by atoms with Crippen LogP contribution in [0.25, 0.3) is 0 Å². The number of ketones is 2. The predicted octanol–water partition coefficient (Wildman–Crippen LogP) is -0.0315. The van der Waals surface area contributed by atoms with Gasteiger partial charge in [0.2, 0.25) is 0 Å². The summed E-state index contributed by atoms with van der Waals surface area (Å²) in [6, 6.07) is 8.56. The molecule has 0 radical (unpaired) electrons. The molecular formula is C19H19NO8Si. The van der Waals surface area contributed by atoms with E-state index in [1.807, 2.05) is 0 Å². The molecule has 1 amide bonds. The van der Waals surface area contributed by atoms with Crippen LogP contribution in [0.5, 0.6) is 11.5 Å². The number of hydrogen-bond donors (Lipinski definition) is 5. The molecule has 0 aromatic heterocycles. The second-order valence-corrected chi connectivity index (χ2v) is 8.60. The third-order valence-electron chi connectivity index (χ3n) is 4.39. The van der Waals surface area contributed by atoms with E-state index in [1.54, 1.807) is 12.1 Å². The van der Waals surface area contributed by atoms with Gasteiger partial charge >= 0.3 is 8.80 Å². The van der Waals surface area contributed by atoms with Crippen LogP contribution < -0.4 is 10.1 Å². The number of rotatable bonds is 7. The highest BCUT2D eigenvalue weighted by Gasteiger charge is 2.34. The first-order chi connectivity index (χ1) is 13.7. The van der Waals surface area contributed by atoms with Crippen LogP contribution in [0.15, 0.2) is 36.4 Å². The second-order valence-electron chi connectivity index (χ2n) is 6.55. The summed E-state index contributed by atoms with van der Waals surface area (Å²) in [6.45, 7) is -0.364. The molecule has 0 atom stereocenters. The van der Waals surface area contributed by atoms with Crippen LogP contribution in [0.4, 0.5) is 0 Å². The Morgan fingerprint density at radius 3 is 2.21 bits per heavy atom. The smallest absolute Gasteiger partial charge is 0.492 e. The number of hydrogen-bond acceptors (Lipinski definition) is 8. The normalized spacial score (nSPS) is 12.9. The number of nitrogens with one attached hydrogen (secondary N) is 1. The summed E-state index contributed by atoms with van der Waals surface area (Å²) >= 11 is 0. The Bertz CT molecular complexity index is 983. The van der Waals surface area contributed by atoms with Gasteiger partial charge in [-0.25, -0.2) is 0 Å². The highest BCUT2D eigenvalue weighted by atomic mass is 28.4. The Kier molecular flexibility index (Phi) is 5.80. The molecule has 0 spiro atoms. The van der Waals surface area contributed by atoms with Crippen LogP contribution in [-0.2, 0) is 4.79 Å². The molecule has 0 saturated carbocycles. The van der Waals surface area contributed by atoms with E-state index in [0.717, 1.165) is 0 Å². The van der Waals surface area contributed by atoms with Crippen LogP contribution in [0.3, 0.4) is 0 Å². The molecule has 0 unspecified atom stereocenters. The van der Waals surface area contributed by atoms with Crippen molar-refractivity contribution in [2.45, 2.75) is 12.5 Å². The standard InChI is InChI=1S/C19H19NO8Si/c21-13-6-7-14(28-10-15(22)20-8-3-9-29(25,26)27)17-16(13)18(23)11-4-1-2-5-12(11)19(17)24/h1-2,4-7,21,25-27H,3,8-10H2,(H,20,22). The second kappa shape index (κ2) is 8.13. The number of carbonyl (C=O) groups is 3. The Hall–Kier alpha value is -3.05. The molecule has 10 heteroatoms. The van der Waals surface area contributed by atoms with Gasteiger partial charge < -0.3 is 29.5 Å². The molecular weight excluding hydrogens is 398 g/mol. The molecule has 0 saturated heterocycles. The third kappa shape index (κ3) is 4.51. The Labute approximate surface area is 166 Å². The van der Waals surface area contributed by atoms with Crippen molar-refractivity contribution in [1.82, 2.24) is 5.32 Å². The van der Waals surface area contributed by atoms with Crippen molar-refractivity contribution < 1.29 is 38.6 Å². The zero-order valence-corrected chi connectivity index (χ0v) is 16.2. The fraction of sp³-hybridized carbons (Fsp3) is 0.211. The summed E-state index contributed by atoms with van der Waals surface area (Å²) in [6.07, 6.45) is 0.167. The number of phenols is 1. The predicted molar refractivity (Wildman–Crippen MR) is 102 cm³/mol. The van der Waals surface area contributed by atoms with E-state index < -0.39 is 32.9 Å². The zero-order valence-electron chi connectivity index (χ0n) is 15.2. The summed E-state index contributed by atoms with van der Waals surface area (Å²) < 4.78 is 5.42. The monoisotopic (exact) mass is 417 g/mol. The molecule has 2 aromatic rings. The SMILES string of the molecule is O=C(COc1ccc(O)c2c1C(=O)c1ccccc1C2=O)NCCC[Si](O)(O)O. The van der Waals surface area contributed by atoms with Crippen molar-refractivity contribution in [1.29, 1.82) is 0 Å². The van der Waals surface area contributed by atoms with Gasteiger partial charge in [-0.3, -0.25) is 14.4 Å². The summed E-state index contributed by atoms with van der Waals surface area (Å²) in [4.78, 5) is 64.2. The first-order valence-corrected chi connectivity index (χ1v) is 10.8. The average Bonchev–Trinajstić information content (AvgIpc) is 2.67. The molecule has 152 valence electrons. The quantitative estimate of drug-likeness (QED) is 0.265. The van der Waals surface area contributed by atoms with E-state index in [0.29, 0.717) is 0 Å². The topological polar surface area (TPSA) is 153 Å². The number of carbonyl (C=O) groups excluding carboxylic acids is 3. The summed E-state index contributed by atoms with van der Waals surface area (Å²) in [5.41, 5.74) is 0.112. The molecule has 2 aromatic carbocycles. The summed E-state index contributed by atoms with van der Waals surface area (Å²) in [5.74, 6) is -1.89. The van der Waals surface area contributed by atoms with Gasteiger partial charge in [-0.1, -0.05) is 24.3 Å². The highest BCUT2D eigenvalue weighted by Crippen LogP contribution is 2.37. The molecule has 1 aliphatic carbocycles.